The SMILES string of the molecule is COc1ccc(Br)c(CO)c1OCc1ccc(Cl)c(Cl)c1. The third-order valence-electron chi connectivity index (χ3n) is 2.91. The summed E-state index contributed by atoms with van der Waals surface area (Å²) < 4.78 is 11.8. The van der Waals surface area contributed by atoms with Crippen LogP contribution in [0.4, 0.5) is 0 Å². The fourth-order valence-corrected chi connectivity index (χ4v) is 2.59. The quantitative estimate of drug-likeness (QED) is 0.792. The third kappa shape index (κ3) is 3.83. The Morgan fingerprint density at radius 2 is 1.90 bits per heavy atom. The van der Waals surface area contributed by atoms with Crippen molar-refractivity contribution in [1.82, 2.24) is 0 Å². The smallest absolute Gasteiger partial charge is 0.168 e. The van der Waals surface area contributed by atoms with Gasteiger partial charge in [-0.15, -0.1) is 0 Å². The van der Waals surface area contributed by atoms with E-state index in [1.807, 2.05) is 6.07 Å². The predicted molar refractivity (Wildman–Crippen MR) is 87.4 cm³/mol. The van der Waals surface area contributed by atoms with E-state index in [1.165, 1.54) is 0 Å². The second-order valence-electron chi connectivity index (χ2n) is 4.25. The van der Waals surface area contributed by atoms with Crippen molar-refractivity contribution in [3.05, 3.63) is 56.0 Å². The van der Waals surface area contributed by atoms with Crippen molar-refractivity contribution in [3.63, 3.8) is 0 Å². The number of hydrogen-bond acceptors (Lipinski definition) is 3. The van der Waals surface area contributed by atoms with Crippen LogP contribution in [0.2, 0.25) is 10.0 Å². The van der Waals surface area contributed by atoms with Gasteiger partial charge in [0, 0.05) is 10.0 Å². The summed E-state index contributed by atoms with van der Waals surface area (Å²) in [5.74, 6) is 1.06. The lowest BCUT2D eigenvalue weighted by Crippen LogP contribution is -2.02. The second kappa shape index (κ2) is 7.36. The van der Waals surface area contributed by atoms with E-state index in [4.69, 9.17) is 32.7 Å². The van der Waals surface area contributed by atoms with E-state index in [9.17, 15) is 5.11 Å². The van der Waals surface area contributed by atoms with E-state index in [0.29, 0.717) is 27.1 Å². The molecule has 112 valence electrons. The first-order chi connectivity index (χ1) is 10.1. The highest BCUT2D eigenvalue weighted by Gasteiger charge is 2.14. The molecule has 0 radical (unpaired) electrons. The summed E-state index contributed by atoms with van der Waals surface area (Å²) in [4.78, 5) is 0. The van der Waals surface area contributed by atoms with Crippen molar-refractivity contribution in [3.8, 4) is 11.5 Å². The van der Waals surface area contributed by atoms with Crippen LogP contribution >= 0.6 is 39.1 Å². The molecule has 0 aliphatic rings. The van der Waals surface area contributed by atoms with Crippen molar-refractivity contribution < 1.29 is 14.6 Å². The van der Waals surface area contributed by atoms with Gasteiger partial charge in [0.2, 0.25) is 0 Å². The van der Waals surface area contributed by atoms with Crippen molar-refractivity contribution in [1.29, 1.82) is 0 Å². The van der Waals surface area contributed by atoms with E-state index in [-0.39, 0.29) is 13.2 Å². The average molecular weight is 392 g/mol. The summed E-state index contributed by atoms with van der Waals surface area (Å²) in [6.07, 6.45) is 0. The fraction of sp³-hybridized carbons (Fsp3) is 0.200. The topological polar surface area (TPSA) is 38.7 Å². The molecule has 6 heteroatoms. The number of ether oxygens (including phenoxy) is 2. The average Bonchev–Trinajstić information content (AvgIpc) is 2.48. The molecule has 0 atom stereocenters. The number of rotatable bonds is 5. The highest BCUT2D eigenvalue weighted by molar-refractivity contribution is 9.10. The Kier molecular flexibility index (Phi) is 5.76. The van der Waals surface area contributed by atoms with Crippen molar-refractivity contribution in [2.75, 3.05) is 7.11 Å². The van der Waals surface area contributed by atoms with Gasteiger partial charge in [-0.05, 0) is 29.8 Å². The molecule has 0 saturated heterocycles. The predicted octanol–water partition coefficient (Wildman–Crippen LogP) is 4.84. The molecule has 2 aromatic carbocycles. The number of methoxy groups -OCH3 is 1. The number of aliphatic hydroxyl groups excluding tert-OH is 1. The standard InChI is InChI=1S/C15H13BrCl2O3/c1-20-14-5-3-11(16)10(7-19)15(14)21-8-9-2-4-12(17)13(18)6-9/h2-6,19H,7-8H2,1H3. The van der Waals surface area contributed by atoms with E-state index < -0.39 is 0 Å². The monoisotopic (exact) mass is 390 g/mol. The molecule has 0 aliphatic heterocycles. The molecule has 0 saturated carbocycles. The molecule has 0 spiro atoms. The van der Waals surface area contributed by atoms with E-state index in [1.54, 1.807) is 31.4 Å². The van der Waals surface area contributed by atoms with E-state index in [2.05, 4.69) is 15.9 Å². The zero-order valence-electron chi connectivity index (χ0n) is 11.2. The molecule has 0 amide bonds. The minimum Gasteiger partial charge on any atom is -0.493 e. The molecule has 3 nitrogen and oxygen atoms in total. The normalized spacial score (nSPS) is 10.5. The maximum atomic E-state index is 9.49. The Morgan fingerprint density at radius 1 is 1.14 bits per heavy atom. The molecule has 2 rings (SSSR count). The minimum absolute atomic E-state index is 0.158. The van der Waals surface area contributed by atoms with Gasteiger partial charge in [0.05, 0.1) is 23.8 Å². The van der Waals surface area contributed by atoms with Crippen LogP contribution < -0.4 is 9.47 Å². The maximum Gasteiger partial charge on any atom is 0.168 e. The van der Waals surface area contributed by atoms with Crippen molar-refractivity contribution in [2.24, 2.45) is 0 Å². The van der Waals surface area contributed by atoms with Crippen LogP contribution in [0.5, 0.6) is 11.5 Å². The van der Waals surface area contributed by atoms with Crippen LogP contribution in [0.3, 0.4) is 0 Å². The zero-order valence-corrected chi connectivity index (χ0v) is 14.3. The lowest BCUT2D eigenvalue weighted by atomic mass is 10.2. The lowest BCUT2D eigenvalue weighted by molar-refractivity contribution is 0.249. The Labute approximate surface area is 141 Å². The highest BCUT2D eigenvalue weighted by atomic mass is 79.9. The number of aliphatic hydroxyl groups is 1. The summed E-state index contributed by atoms with van der Waals surface area (Å²) in [5, 5.41) is 10.5. The molecule has 0 aromatic heterocycles. The second-order valence-corrected chi connectivity index (χ2v) is 5.92. The number of hydrogen-bond donors (Lipinski definition) is 1. The summed E-state index contributed by atoms with van der Waals surface area (Å²) in [5.41, 5.74) is 1.50. The lowest BCUT2D eigenvalue weighted by Gasteiger charge is -2.15. The van der Waals surface area contributed by atoms with Gasteiger partial charge in [-0.3, -0.25) is 0 Å². The number of halogens is 3. The zero-order chi connectivity index (χ0) is 15.4. The van der Waals surface area contributed by atoms with Gasteiger partial charge in [0.15, 0.2) is 11.5 Å². The molecule has 0 heterocycles. The Bertz CT molecular complexity index is 647. The molecule has 0 fully saturated rings. The first-order valence-electron chi connectivity index (χ1n) is 6.09. The van der Waals surface area contributed by atoms with Crippen LogP contribution in [0.15, 0.2) is 34.8 Å². The van der Waals surface area contributed by atoms with Gasteiger partial charge < -0.3 is 14.6 Å². The van der Waals surface area contributed by atoms with Crippen LogP contribution in [0.25, 0.3) is 0 Å². The summed E-state index contributed by atoms with van der Waals surface area (Å²) in [6, 6.07) is 8.86. The molecule has 21 heavy (non-hydrogen) atoms. The van der Waals surface area contributed by atoms with Crippen LogP contribution in [0.1, 0.15) is 11.1 Å². The minimum atomic E-state index is -0.158. The first kappa shape index (κ1) is 16.4. The third-order valence-corrected chi connectivity index (χ3v) is 4.39. The molecule has 2 aromatic rings. The molecule has 1 N–H and O–H groups in total. The summed E-state index contributed by atoms with van der Waals surface area (Å²) >= 11 is 15.2. The van der Waals surface area contributed by atoms with Gasteiger partial charge in [-0.2, -0.15) is 0 Å². The number of benzene rings is 2. The summed E-state index contributed by atoms with van der Waals surface area (Å²) in [7, 11) is 1.55. The Balaban J connectivity index is 2.26. The van der Waals surface area contributed by atoms with Crippen LogP contribution in [0, 0.1) is 0 Å². The Hall–Kier alpha value is -0.940. The first-order valence-corrected chi connectivity index (χ1v) is 7.64. The van der Waals surface area contributed by atoms with E-state index in [0.717, 1.165) is 10.0 Å². The van der Waals surface area contributed by atoms with Gasteiger partial charge in [-0.1, -0.05) is 45.2 Å². The largest absolute Gasteiger partial charge is 0.493 e. The van der Waals surface area contributed by atoms with Crippen LogP contribution in [-0.4, -0.2) is 12.2 Å². The van der Waals surface area contributed by atoms with Gasteiger partial charge in [-0.25, -0.2) is 0 Å². The summed E-state index contributed by atoms with van der Waals surface area (Å²) in [6.45, 7) is 0.130. The van der Waals surface area contributed by atoms with Gasteiger partial charge >= 0.3 is 0 Å². The van der Waals surface area contributed by atoms with Crippen LogP contribution in [-0.2, 0) is 13.2 Å². The van der Waals surface area contributed by atoms with Crippen molar-refractivity contribution >= 4 is 39.1 Å². The fourth-order valence-electron chi connectivity index (χ4n) is 1.83. The maximum absolute atomic E-state index is 9.49. The Morgan fingerprint density at radius 3 is 2.52 bits per heavy atom. The highest BCUT2D eigenvalue weighted by Crippen LogP contribution is 2.37. The van der Waals surface area contributed by atoms with Crippen molar-refractivity contribution in [2.45, 2.75) is 13.2 Å². The molecule has 0 aliphatic carbocycles. The van der Waals surface area contributed by atoms with Gasteiger partial charge in [0.1, 0.15) is 6.61 Å². The molecule has 0 bridgehead atoms. The molecule has 0 unspecified atom stereocenters. The van der Waals surface area contributed by atoms with Gasteiger partial charge in [0.25, 0.3) is 0 Å². The van der Waals surface area contributed by atoms with E-state index >= 15 is 0 Å². The molecular formula is C15H13BrCl2O3. The molecular weight excluding hydrogens is 379 g/mol.